The molecule has 1 aromatic carbocycles. The molecule has 0 saturated carbocycles. The lowest BCUT2D eigenvalue weighted by atomic mass is 10.2. The number of carbonyl (C=O) groups excluding carboxylic acids is 1. The lowest BCUT2D eigenvalue weighted by Gasteiger charge is -2.16. The van der Waals surface area contributed by atoms with Crippen molar-refractivity contribution >= 4 is 34.5 Å². The van der Waals surface area contributed by atoms with Crippen LogP contribution >= 0.6 is 22.9 Å². The number of hydrogen-bond acceptors (Lipinski definition) is 2. The summed E-state index contributed by atoms with van der Waals surface area (Å²) in [5.74, 6) is -0.00541. The van der Waals surface area contributed by atoms with Crippen molar-refractivity contribution in [2.24, 2.45) is 0 Å². The molecular formula is C16H20ClN2OS+. The molecule has 0 aliphatic heterocycles. The zero-order chi connectivity index (χ0) is 15.2. The first-order valence-corrected chi connectivity index (χ1v) is 8.26. The summed E-state index contributed by atoms with van der Waals surface area (Å²) in [6, 6.07) is 9.79. The van der Waals surface area contributed by atoms with Crippen LogP contribution < -0.4 is 10.2 Å². The molecule has 0 aliphatic carbocycles. The number of quaternary nitrogens is 1. The van der Waals surface area contributed by atoms with Gasteiger partial charge < -0.3 is 10.2 Å². The summed E-state index contributed by atoms with van der Waals surface area (Å²) in [5, 5.41) is 5.54. The first-order valence-electron chi connectivity index (χ1n) is 7.00. The summed E-state index contributed by atoms with van der Waals surface area (Å²) < 4.78 is 0. The van der Waals surface area contributed by atoms with E-state index in [2.05, 4.69) is 23.7 Å². The van der Waals surface area contributed by atoms with Gasteiger partial charge in [0.05, 0.1) is 22.1 Å². The van der Waals surface area contributed by atoms with E-state index in [4.69, 9.17) is 11.6 Å². The fraction of sp³-hybridized carbons (Fsp3) is 0.312. The number of aryl methyl sites for hydroxylation is 1. The zero-order valence-electron chi connectivity index (χ0n) is 12.3. The molecule has 0 fully saturated rings. The number of thiophene rings is 1. The molecule has 2 rings (SSSR count). The standard InChI is InChI=1S/C16H19ClN2OS/c1-3-19(10-13-5-4-8-21-13)11-16(20)18-15-7-6-12(2)9-14(15)17/h4-9H,3,10-11H2,1-2H3,(H,18,20)/p+1. The van der Waals surface area contributed by atoms with Gasteiger partial charge in [0.2, 0.25) is 0 Å². The van der Waals surface area contributed by atoms with E-state index >= 15 is 0 Å². The van der Waals surface area contributed by atoms with Crippen LogP contribution in [0.4, 0.5) is 5.69 Å². The van der Waals surface area contributed by atoms with Gasteiger partial charge in [-0.2, -0.15) is 0 Å². The highest BCUT2D eigenvalue weighted by Gasteiger charge is 2.14. The number of hydrogen-bond donors (Lipinski definition) is 2. The third-order valence-corrected chi connectivity index (χ3v) is 4.50. The molecule has 21 heavy (non-hydrogen) atoms. The highest BCUT2D eigenvalue weighted by molar-refractivity contribution is 7.09. The average Bonchev–Trinajstić information content (AvgIpc) is 2.94. The fourth-order valence-electron chi connectivity index (χ4n) is 2.12. The summed E-state index contributed by atoms with van der Waals surface area (Å²) in [7, 11) is 0. The van der Waals surface area contributed by atoms with E-state index in [9.17, 15) is 4.79 Å². The van der Waals surface area contributed by atoms with Gasteiger partial charge in [-0.05, 0) is 43.0 Å². The van der Waals surface area contributed by atoms with Crippen LogP contribution in [0.3, 0.4) is 0 Å². The molecule has 2 aromatic rings. The molecule has 0 bridgehead atoms. The Kier molecular flexibility index (Phi) is 5.79. The molecule has 1 amide bonds. The normalized spacial score (nSPS) is 12.1. The fourth-order valence-corrected chi connectivity index (χ4v) is 3.17. The molecule has 1 atom stereocenters. The van der Waals surface area contributed by atoms with Crippen molar-refractivity contribution in [3.63, 3.8) is 0 Å². The van der Waals surface area contributed by atoms with Crippen molar-refractivity contribution in [1.29, 1.82) is 0 Å². The summed E-state index contributed by atoms with van der Waals surface area (Å²) in [6.07, 6.45) is 0. The zero-order valence-corrected chi connectivity index (χ0v) is 13.9. The van der Waals surface area contributed by atoms with Gasteiger partial charge in [0.15, 0.2) is 6.54 Å². The highest BCUT2D eigenvalue weighted by atomic mass is 35.5. The number of benzene rings is 1. The van der Waals surface area contributed by atoms with Crippen LogP contribution in [0.1, 0.15) is 17.4 Å². The number of likely N-dealkylation sites (N-methyl/N-ethyl adjacent to an activating group) is 1. The summed E-state index contributed by atoms with van der Waals surface area (Å²) in [5.41, 5.74) is 1.76. The third kappa shape index (κ3) is 4.84. The van der Waals surface area contributed by atoms with Crippen LogP contribution in [0.5, 0.6) is 0 Å². The summed E-state index contributed by atoms with van der Waals surface area (Å²) in [6.45, 7) is 6.30. The van der Waals surface area contributed by atoms with E-state index in [0.29, 0.717) is 17.3 Å². The van der Waals surface area contributed by atoms with E-state index in [0.717, 1.165) is 18.7 Å². The van der Waals surface area contributed by atoms with Gasteiger partial charge in [0.1, 0.15) is 6.54 Å². The van der Waals surface area contributed by atoms with Crippen LogP contribution in [-0.4, -0.2) is 19.0 Å². The van der Waals surface area contributed by atoms with E-state index in [-0.39, 0.29) is 5.91 Å². The maximum Gasteiger partial charge on any atom is 0.279 e. The number of amides is 1. The molecule has 112 valence electrons. The number of carbonyl (C=O) groups is 1. The molecule has 0 saturated heterocycles. The van der Waals surface area contributed by atoms with Crippen molar-refractivity contribution in [1.82, 2.24) is 0 Å². The topological polar surface area (TPSA) is 33.5 Å². The van der Waals surface area contributed by atoms with Crippen molar-refractivity contribution < 1.29 is 9.69 Å². The lowest BCUT2D eigenvalue weighted by Crippen LogP contribution is -3.11. The first kappa shape index (κ1) is 16.0. The maximum atomic E-state index is 12.2. The van der Waals surface area contributed by atoms with Crippen molar-refractivity contribution in [2.75, 3.05) is 18.4 Å². The smallest absolute Gasteiger partial charge is 0.279 e. The van der Waals surface area contributed by atoms with Gasteiger partial charge in [0, 0.05) is 0 Å². The molecule has 3 nitrogen and oxygen atoms in total. The average molecular weight is 324 g/mol. The molecule has 0 spiro atoms. The summed E-state index contributed by atoms with van der Waals surface area (Å²) in [4.78, 5) is 14.7. The second-order valence-corrected chi connectivity index (χ2v) is 6.51. The molecule has 0 radical (unpaired) electrons. The lowest BCUT2D eigenvalue weighted by molar-refractivity contribution is -0.903. The molecule has 1 unspecified atom stereocenters. The Morgan fingerprint density at radius 2 is 2.19 bits per heavy atom. The molecule has 2 N–H and O–H groups in total. The Labute approximate surface area is 134 Å². The Bertz CT molecular complexity index is 598. The second-order valence-electron chi connectivity index (χ2n) is 5.07. The van der Waals surface area contributed by atoms with E-state index in [1.807, 2.05) is 31.2 Å². The van der Waals surface area contributed by atoms with Crippen LogP contribution in [-0.2, 0) is 11.3 Å². The van der Waals surface area contributed by atoms with Crippen LogP contribution in [0.15, 0.2) is 35.7 Å². The number of anilines is 1. The van der Waals surface area contributed by atoms with E-state index < -0.39 is 0 Å². The summed E-state index contributed by atoms with van der Waals surface area (Å²) >= 11 is 7.87. The number of nitrogens with one attached hydrogen (secondary N) is 2. The van der Waals surface area contributed by atoms with Gasteiger partial charge in [-0.25, -0.2) is 0 Å². The Morgan fingerprint density at radius 3 is 2.81 bits per heavy atom. The predicted octanol–water partition coefficient (Wildman–Crippen LogP) is 2.75. The van der Waals surface area contributed by atoms with Crippen LogP contribution in [0.25, 0.3) is 0 Å². The van der Waals surface area contributed by atoms with E-state index in [1.54, 1.807) is 11.3 Å². The highest BCUT2D eigenvalue weighted by Crippen LogP contribution is 2.22. The van der Waals surface area contributed by atoms with Gasteiger partial charge in [0.25, 0.3) is 5.91 Å². The Balaban J connectivity index is 1.93. The van der Waals surface area contributed by atoms with Crippen molar-refractivity contribution in [3.05, 3.63) is 51.2 Å². The van der Waals surface area contributed by atoms with Gasteiger partial charge >= 0.3 is 0 Å². The monoisotopic (exact) mass is 323 g/mol. The van der Waals surface area contributed by atoms with Crippen molar-refractivity contribution in [3.8, 4) is 0 Å². The molecular weight excluding hydrogens is 304 g/mol. The maximum absolute atomic E-state index is 12.2. The molecule has 0 aliphatic rings. The minimum atomic E-state index is -0.00541. The van der Waals surface area contributed by atoms with Crippen LogP contribution in [0.2, 0.25) is 5.02 Å². The molecule has 5 heteroatoms. The third-order valence-electron chi connectivity index (χ3n) is 3.31. The number of rotatable bonds is 6. The largest absolute Gasteiger partial charge is 0.323 e. The van der Waals surface area contributed by atoms with Gasteiger partial charge in [-0.3, -0.25) is 4.79 Å². The first-order chi connectivity index (χ1) is 10.1. The molecule has 1 heterocycles. The number of halogens is 1. The quantitative estimate of drug-likeness (QED) is 0.842. The van der Waals surface area contributed by atoms with E-state index in [1.165, 1.54) is 9.78 Å². The predicted molar refractivity (Wildman–Crippen MR) is 89.2 cm³/mol. The minimum absolute atomic E-state index is 0.00541. The van der Waals surface area contributed by atoms with Crippen LogP contribution in [0, 0.1) is 6.92 Å². The SMILES string of the molecule is CC[NH+](CC(=O)Nc1ccc(C)cc1Cl)Cc1cccs1. The Hall–Kier alpha value is -1.36. The molecule has 1 aromatic heterocycles. The van der Waals surface area contributed by atoms with Gasteiger partial charge in [-0.1, -0.05) is 23.7 Å². The van der Waals surface area contributed by atoms with Crippen molar-refractivity contribution in [2.45, 2.75) is 20.4 Å². The van der Waals surface area contributed by atoms with Gasteiger partial charge in [-0.15, -0.1) is 11.3 Å². The Morgan fingerprint density at radius 1 is 1.38 bits per heavy atom. The second kappa shape index (κ2) is 7.59. The minimum Gasteiger partial charge on any atom is -0.323 e.